The van der Waals surface area contributed by atoms with E-state index in [2.05, 4.69) is 12.2 Å². The molecule has 1 fully saturated rings. The minimum absolute atomic E-state index is 0.00819. The Morgan fingerprint density at radius 2 is 2.00 bits per heavy atom. The normalized spacial score (nSPS) is 24.8. The molecular weight excluding hydrogens is 274 g/mol. The molecule has 0 amide bonds. The number of sulfone groups is 1. The Hall–Kier alpha value is -0.130. The van der Waals surface area contributed by atoms with E-state index in [9.17, 15) is 8.42 Å². The monoisotopic (exact) mass is 305 g/mol. The molecule has 0 bridgehead atoms. The van der Waals surface area contributed by atoms with Crippen LogP contribution in [0.4, 0.5) is 0 Å². The van der Waals surface area contributed by atoms with Crippen molar-refractivity contribution in [1.82, 2.24) is 5.32 Å². The van der Waals surface area contributed by atoms with Crippen LogP contribution in [0.3, 0.4) is 0 Å². The first kappa shape index (κ1) is 17.9. The standard InChI is InChI=1S/C15H31NO3S/c1-5-9-16-12-15(7-6-10-19-13-15)8-11-20(17,18)14(2,3)4/h16H,5-13H2,1-4H3. The predicted octanol–water partition coefficient (Wildman–Crippen LogP) is 2.39. The van der Waals surface area contributed by atoms with Crippen LogP contribution in [0.15, 0.2) is 0 Å². The van der Waals surface area contributed by atoms with E-state index in [0.29, 0.717) is 13.0 Å². The van der Waals surface area contributed by atoms with E-state index in [0.717, 1.165) is 39.0 Å². The summed E-state index contributed by atoms with van der Waals surface area (Å²) in [4.78, 5) is 0. The molecule has 1 heterocycles. The minimum Gasteiger partial charge on any atom is -0.381 e. The zero-order valence-corrected chi connectivity index (χ0v) is 14.3. The third kappa shape index (κ3) is 5.01. The first-order valence-corrected chi connectivity index (χ1v) is 9.38. The second-order valence-corrected chi connectivity index (χ2v) is 9.88. The maximum Gasteiger partial charge on any atom is 0.155 e. The van der Waals surface area contributed by atoms with Gasteiger partial charge in [-0.2, -0.15) is 0 Å². The second-order valence-electron chi connectivity index (χ2n) is 7.01. The van der Waals surface area contributed by atoms with Gasteiger partial charge in [0.2, 0.25) is 0 Å². The van der Waals surface area contributed by atoms with Crippen molar-refractivity contribution in [2.24, 2.45) is 5.41 Å². The third-order valence-corrected chi connectivity index (χ3v) is 6.77. The van der Waals surface area contributed by atoms with Gasteiger partial charge in [-0.1, -0.05) is 6.92 Å². The van der Waals surface area contributed by atoms with Crippen LogP contribution in [0, 0.1) is 5.41 Å². The quantitative estimate of drug-likeness (QED) is 0.734. The molecule has 1 N–H and O–H groups in total. The summed E-state index contributed by atoms with van der Waals surface area (Å²) >= 11 is 0. The van der Waals surface area contributed by atoms with Gasteiger partial charge in [-0.15, -0.1) is 0 Å². The van der Waals surface area contributed by atoms with Gasteiger partial charge in [0, 0.05) is 18.6 Å². The summed E-state index contributed by atoms with van der Waals surface area (Å²) < 4.78 is 29.6. The van der Waals surface area contributed by atoms with E-state index in [1.807, 2.05) is 0 Å². The van der Waals surface area contributed by atoms with E-state index >= 15 is 0 Å². The lowest BCUT2D eigenvalue weighted by Gasteiger charge is -2.38. The first-order valence-electron chi connectivity index (χ1n) is 7.73. The Balaban J connectivity index is 2.66. The van der Waals surface area contributed by atoms with Gasteiger partial charge >= 0.3 is 0 Å². The first-order chi connectivity index (χ1) is 9.22. The summed E-state index contributed by atoms with van der Waals surface area (Å²) in [6.45, 7) is 10.8. The highest BCUT2D eigenvalue weighted by molar-refractivity contribution is 7.92. The fourth-order valence-electron chi connectivity index (χ4n) is 2.52. The third-order valence-electron chi connectivity index (χ3n) is 4.16. The number of hydrogen-bond acceptors (Lipinski definition) is 4. The molecule has 0 saturated carbocycles. The SMILES string of the molecule is CCCNCC1(CCS(=O)(=O)C(C)(C)C)CCCOC1. The molecule has 0 aliphatic carbocycles. The molecule has 1 unspecified atom stereocenters. The number of nitrogens with one attached hydrogen (secondary N) is 1. The van der Waals surface area contributed by atoms with Crippen LogP contribution >= 0.6 is 0 Å². The van der Waals surface area contributed by atoms with Crippen molar-refractivity contribution in [3.8, 4) is 0 Å². The van der Waals surface area contributed by atoms with Crippen molar-refractivity contribution in [2.75, 3.05) is 32.1 Å². The van der Waals surface area contributed by atoms with Gasteiger partial charge in [0.05, 0.1) is 17.1 Å². The molecule has 4 nitrogen and oxygen atoms in total. The predicted molar refractivity (Wildman–Crippen MR) is 83.8 cm³/mol. The van der Waals surface area contributed by atoms with E-state index in [1.54, 1.807) is 20.8 Å². The summed E-state index contributed by atoms with van der Waals surface area (Å²) in [5, 5.41) is 3.45. The van der Waals surface area contributed by atoms with Crippen LogP contribution in [0.25, 0.3) is 0 Å². The Kier molecular flexibility index (Phi) is 6.48. The molecule has 1 aliphatic rings. The summed E-state index contributed by atoms with van der Waals surface area (Å²) in [6.07, 6.45) is 3.88. The van der Waals surface area contributed by atoms with Gasteiger partial charge in [0.1, 0.15) is 0 Å². The Bertz CT molecular complexity index is 378. The fourth-order valence-corrected chi connectivity index (χ4v) is 3.84. The Labute approximate surface area is 124 Å². The fraction of sp³-hybridized carbons (Fsp3) is 1.00. The van der Waals surface area contributed by atoms with Crippen molar-refractivity contribution in [1.29, 1.82) is 0 Å². The van der Waals surface area contributed by atoms with Crippen LogP contribution < -0.4 is 5.32 Å². The molecular formula is C15H31NO3S. The molecule has 20 heavy (non-hydrogen) atoms. The molecule has 0 spiro atoms. The largest absolute Gasteiger partial charge is 0.381 e. The summed E-state index contributed by atoms with van der Waals surface area (Å²) in [5.41, 5.74) is -0.00819. The zero-order chi connectivity index (χ0) is 15.3. The van der Waals surface area contributed by atoms with E-state index < -0.39 is 14.6 Å². The van der Waals surface area contributed by atoms with Crippen molar-refractivity contribution in [3.05, 3.63) is 0 Å². The Morgan fingerprint density at radius 1 is 1.30 bits per heavy atom. The van der Waals surface area contributed by atoms with Gasteiger partial charge in [0.15, 0.2) is 9.84 Å². The van der Waals surface area contributed by atoms with E-state index in [-0.39, 0.29) is 11.2 Å². The minimum atomic E-state index is -3.05. The van der Waals surface area contributed by atoms with Crippen LogP contribution in [-0.4, -0.2) is 45.2 Å². The number of hydrogen-bond donors (Lipinski definition) is 1. The average Bonchev–Trinajstić information content (AvgIpc) is 2.37. The van der Waals surface area contributed by atoms with Crippen LogP contribution in [0.1, 0.15) is 53.4 Å². The van der Waals surface area contributed by atoms with Gasteiger partial charge in [-0.3, -0.25) is 0 Å². The molecule has 0 aromatic heterocycles. The second kappa shape index (κ2) is 7.23. The highest BCUT2D eigenvalue weighted by atomic mass is 32.2. The molecule has 0 radical (unpaired) electrons. The lowest BCUT2D eigenvalue weighted by Crippen LogP contribution is -2.43. The molecule has 1 atom stereocenters. The van der Waals surface area contributed by atoms with Gasteiger partial charge in [-0.05, 0) is 53.0 Å². The lowest BCUT2D eigenvalue weighted by atomic mass is 9.80. The van der Waals surface area contributed by atoms with E-state index in [4.69, 9.17) is 4.74 Å². The summed E-state index contributed by atoms with van der Waals surface area (Å²) in [5.74, 6) is 0.258. The molecule has 5 heteroatoms. The van der Waals surface area contributed by atoms with Gasteiger partial charge in [-0.25, -0.2) is 8.42 Å². The molecule has 1 rings (SSSR count). The lowest BCUT2D eigenvalue weighted by molar-refractivity contribution is -0.00888. The highest BCUT2D eigenvalue weighted by Crippen LogP contribution is 2.33. The number of ether oxygens (including phenoxy) is 1. The topological polar surface area (TPSA) is 55.4 Å². The van der Waals surface area contributed by atoms with Gasteiger partial charge < -0.3 is 10.1 Å². The molecule has 120 valence electrons. The van der Waals surface area contributed by atoms with Crippen LogP contribution in [0.2, 0.25) is 0 Å². The zero-order valence-electron chi connectivity index (χ0n) is 13.5. The summed E-state index contributed by atoms with van der Waals surface area (Å²) in [6, 6.07) is 0. The maximum absolute atomic E-state index is 12.3. The average molecular weight is 305 g/mol. The smallest absolute Gasteiger partial charge is 0.155 e. The van der Waals surface area contributed by atoms with Crippen molar-refractivity contribution < 1.29 is 13.2 Å². The molecule has 0 aromatic rings. The van der Waals surface area contributed by atoms with Crippen LogP contribution in [0.5, 0.6) is 0 Å². The molecule has 1 saturated heterocycles. The summed E-state index contributed by atoms with van der Waals surface area (Å²) in [7, 11) is -3.05. The van der Waals surface area contributed by atoms with E-state index in [1.165, 1.54) is 0 Å². The molecule has 1 aliphatic heterocycles. The van der Waals surface area contributed by atoms with Crippen molar-refractivity contribution >= 4 is 9.84 Å². The molecule has 0 aromatic carbocycles. The maximum atomic E-state index is 12.3. The van der Waals surface area contributed by atoms with Gasteiger partial charge in [0.25, 0.3) is 0 Å². The van der Waals surface area contributed by atoms with Crippen LogP contribution in [-0.2, 0) is 14.6 Å². The highest BCUT2D eigenvalue weighted by Gasteiger charge is 2.36. The number of rotatable bonds is 7. The Morgan fingerprint density at radius 3 is 2.50 bits per heavy atom. The van der Waals surface area contributed by atoms with Crippen molar-refractivity contribution in [2.45, 2.75) is 58.1 Å². The van der Waals surface area contributed by atoms with Crippen molar-refractivity contribution in [3.63, 3.8) is 0 Å².